The van der Waals surface area contributed by atoms with Crippen molar-refractivity contribution in [2.24, 2.45) is 0 Å². The lowest BCUT2D eigenvalue weighted by atomic mass is 9.62. The van der Waals surface area contributed by atoms with Crippen molar-refractivity contribution >= 4 is 5.78 Å². The summed E-state index contributed by atoms with van der Waals surface area (Å²) in [6.45, 7) is 7.44. The van der Waals surface area contributed by atoms with Crippen molar-refractivity contribution in [1.29, 1.82) is 0 Å². The molecule has 4 atom stereocenters. The highest BCUT2D eigenvalue weighted by atomic mass is 16.5. The smallest absolute Gasteiger partial charge is 0.173 e. The molecule has 1 N–H and O–H groups in total. The molecule has 4 bridgehead atoms. The molecule has 140 valence electrons. The van der Waals surface area contributed by atoms with E-state index in [1.54, 1.807) is 20.1 Å². The maximum atomic E-state index is 12.6. The summed E-state index contributed by atoms with van der Waals surface area (Å²) in [6, 6.07) is 3.88. The number of phenols is 1. The molecule has 5 nitrogen and oxygen atoms in total. The Morgan fingerprint density at radius 3 is 3.04 bits per heavy atom. The number of rotatable bonds is 3. The van der Waals surface area contributed by atoms with Gasteiger partial charge in [-0.3, -0.25) is 9.69 Å². The maximum absolute atomic E-state index is 12.6. The third-order valence-electron chi connectivity index (χ3n) is 6.58. The van der Waals surface area contributed by atoms with Gasteiger partial charge in [-0.05, 0) is 44.4 Å². The molecule has 1 aromatic rings. The van der Waals surface area contributed by atoms with Crippen molar-refractivity contribution in [1.82, 2.24) is 4.90 Å². The molecule has 1 saturated heterocycles. The van der Waals surface area contributed by atoms with Crippen LogP contribution in [0.15, 0.2) is 24.8 Å². The summed E-state index contributed by atoms with van der Waals surface area (Å²) in [5.41, 5.74) is 1.79. The number of phenolic OH excluding ortho intramolecular Hbond substituents is 1. The molecule has 1 aliphatic carbocycles. The zero-order valence-electron chi connectivity index (χ0n) is 15.5. The number of likely N-dealkylation sites (tertiary alicyclic amines) is 1. The highest BCUT2D eigenvalue weighted by Gasteiger charge is 2.56. The van der Waals surface area contributed by atoms with Gasteiger partial charge in [0, 0.05) is 37.6 Å². The normalized spacial score (nSPS) is 33.6. The van der Waals surface area contributed by atoms with Crippen molar-refractivity contribution in [3.8, 4) is 11.5 Å². The highest BCUT2D eigenvalue weighted by molar-refractivity contribution is 5.83. The van der Waals surface area contributed by atoms with Gasteiger partial charge in [0.25, 0.3) is 0 Å². The SMILES string of the molecule is C=CCN1CC[C@@H]2c3c4ccc(O)c3OC(C)C(=O)CC[C@]2(OC)[C@@H]1C4. The molecule has 0 amide bonds. The van der Waals surface area contributed by atoms with Crippen molar-refractivity contribution in [2.75, 3.05) is 20.2 Å². The number of carbonyl (C=O) groups is 1. The van der Waals surface area contributed by atoms with Crippen LogP contribution in [0.25, 0.3) is 0 Å². The second-order valence-corrected chi connectivity index (χ2v) is 7.72. The maximum Gasteiger partial charge on any atom is 0.173 e. The van der Waals surface area contributed by atoms with Gasteiger partial charge < -0.3 is 14.6 Å². The average Bonchev–Trinajstić information content (AvgIpc) is 2.67. The van der Waals surface area contributed by atoms with Gasteiger partial charge in [0.2, 0.25) is 0 Å². The number of Topliss-reactive ketones (excluding diaryl/α,β-unsaturated/α-hetero) is 1. The number of ketones is 1. The summed E-state index contributed by atoms with van der Waals surface area (Å²) in [7, 11) is 1.76. The fourth-order valence-electron chi connectivity index (χ4n) is 5.32. The van der Waals surface area contributed by atoms with E-state index in [4.69, 9.17) is 9.47 Å². The molecule has 0 radical (unpaired) electrons. The molecule has 1 aromatic carbocycles. The molecule has 2 aliphatic heterocycles. The van der Waals surface area contributed by atoms with Gasteiger partial charge in [-0.2, -0.15) is 0 Å². The van der Waals surface area contributed by atoms with Crippen LogP contribution in [0.4, 0.5) is 0 Å². The fraction of sp³-hybridized carbons (Fsp3) is 0.571. The van der Waals surface area contributed by atoms with E-state index in [0.717, 1.165) is 31.5 Å². The lowest BCUT2D eigenvalue weighted by Crippen LogP contribution is -2.64. The number of ether oxygens (including phenoxy) is 2. The topological polar surface area (TPSA) is 59.0 Å². The number of aromatic hydroxyl groups is 1. The average molecular weight is 357 g/mol. The molecule has 0 spiro atoms. The van der Waals surface area contributed by atoms with Gasteiger partial charge >= 0.3 is 0 Å². The first-order chi connectivity index (χ1) is 12.5. The molecule has 5 heteroatoms. The van der Waals surface area contributed by atoms with E-state index in [0.29, 0.717) is 18.6 Å². The van der Waals surface area contributed by atoms with E-state index in [2.05, 4.69) is 11.5 Å². The highest BCUT2D eigenvalue weighted by Crippen LogP contribution is 2.55. The van der Waals surface area contributed by atoms with Crippen molar-refractivity contribution in [3.63, 3.8) is 0 Å². The molecular weight excluding hydrogens is 330 g/mol. The van der Waals surface area contributed by atoms with Gasteiger partial charge in [-0.1, -0.05) is 12.1 Å². The molecular formula is C21H27NO4. The Morgan fingerprint density at radius 2 is 2.31 bits per heavy atom. The number of carbonyl (C=O) groups excluding carboxylic acids is 1. The first-order valence-electron chi connectivity index (χ1n) is 9.46. The van der Waals surface area contributed by atoms with E-state index in [9.17, 15) is 9.90 Å². The Bertz CT molecular complexity index is 746. The molecule has 26 heavy (non-hydrogen) atoms. The van der Waals surface area contributed by atoms with E-state index in [-0.39, 0.29) is 23.5 Å². The molecule has 0 saturated carbocycles. The molecule has 2 heterocycles. The minimum Gasteiger partial charge on any atom is -0.504 e. The van der Waals surface area contributed by atoms with Crippen LogP contribution < -0.4 is 4.74 Å². The summed E-state index contributed by atoms with van der Waals surface area (Å²) < 4.78 is 12.2. The second kappa shape index (κ2) is 6.39. The Labute approximate surface area is 154 Å². The van der Waals surface area contributed by atoms with Crippen LogP contribution in [-0.2, 0) is 16.0 Å². The van der Waals surface area contributed by atoms with Gasteiger partial charge in [0.15, 0.2) is 23.4 Å². The molecule has 0 aromatic heterocycles. The minimum absolute atomic E-state index is 0.0549. The van der Waals surface area contributed by atoms with Crippen LogP contribution in [0.3, 0.4) is 0 Å². The third-order valence-corrected chi connectivity index (χ3v) is 6.58. The van der Waals surface area contributed by atoms with Crippen molar-refractivity contribution < 1.29 is 19.4 Å². The molecule has 1 fully saturated rings. The van der Waals surface area contributed by atoms with Crippen molar-refractivity contribution in [3.05, 3.63) is 35.9 Å². The zero-order valence-corrected chi connectivity index (χ0v) is 15.5. The van der Waals surface area contributed by atoms with Crippen LogP contribution in [0.2, 0.25) is 0 Å². The molecule has 1 unspecified atom stereocenters. The Balaban J connectivity index is 1.93. The van der Waals surface area contributed by atoms with Crippen LogP contribution in [0.5, 0.6) is 11.5 Å². The van der Waals surface area contributed by atoms with E-state index < -0.39 is 11.7 Å². The van der Waals surface area contributed by atoms with Gasteiger partial charge in [0.05, 0.1) is 5.60 Å². The lowest BCUT2D eigenvalue weighted by Gasteiger charge is -2.57. The van der Waals surface area contributed by atoms with Crippen LogP contribution >= 0.6 is 0 Å². The number of nitrogens with zero attached hydrogens (tertiary/aromatic N) is 1. The number of hydrogen-bond donors (Lipinski definition) is 1. The summed E-state index contributed by atoms with van der Waals surface area (Å²) in [6.07, 6.45) is 4.21. The van der Waals surface area contributed by atoms with Gasteiger partial charge in [-0.15, -0.1) is 6.58 Å². The molecule has 3 aliphatic rings. The number of piperidine rings is 1. The Kier molecular flexibility index (Phi) is 4.32. The summed E-state index contributed by atoms with van der Waals surface area (Å²) in [5, 5.41) is 10.5. The van der Waals surface area contributed by atoms with E-state index in [1.165, 1.54) is 5.56 Å². The van der Waals surface area contributed by atoms with Gasteiger partial charge in [-0.25, -0.2) is 0 Å². The minimum atomic E-state index is -0.565. The monoisotopic (exact) mass is 357 g/mol. The Morgan fingerprint density at radius 1 is 1.50 bits per heavy atom. The second-order valence-electron chi connectivity index (χ2n) is 7.72. The van der Waals surface area contributed by atoms with Crippen LogP contribution in [0, 0.1) is 0 Å². The first-order valence-corrected chi connectivity index (χ1v) is 9.46. The van der Waals surface area contributed by atoms with E-state index in [1.807, 2.05) is 12.1 Å². The predicted octanol–water partition coefficient (Wildman–Crippen LogP) is 2.81. The number of benzene rings is 1. The van der Waals surface area contributed by atoms with Crippen molar-refractivity contribution in [2.45, 2.75) is 56.3 Å². The van der Waals surface area contributed by atoms with Crippen LogP contribution in [-0.4, -0.2) is 53.7 Å². The quantitative estimate of drug-likeness (QED) is 0.843. The van der Waals surface area contributed by atoms with E-state index >= 15 is 0 Å². The largest absolute Gasteiger partial charge is 0.504 e. The third kappa shape index (κ3) is 2.41. The lowest BCUT2D eigenvalue weighted by molar-refractivity contribution is -0.138. The summed E-state index contributed by atoms with van der Waals surface area (Å²) in [5.74, 6) is 0.761. The standard InChI is InChI=1S/C21H27NO4/c1-4-10-22-11-8-15-19-14-5-6-17(24)20(19)26-13(2)16(23)7-9-21(15,25-3)18(22)12-14/h4-6,13,15,18,24H,1,7-12H2,2-3H3/t13?,15-,18+,21-/m1/s1. The molecule has 4 rings (SSSR count). The van der Waals surface area contributed by atoms with Gasteiger partial charge in [0.1, 0.15) is 0 Å². The Hall–Kier alpha value is -1.85. The van der Waals surface area contributed by atoms with Crippen LogP contribution in [0.1, 0.15) is 43.2 Å². The fourth-order valence-corrected chi connectivity index (χ4v) is 5.32. The summed E-state index contributed by atoms with van der Waals surface area (Å²) in [4.78, 5) is 15.0. The predicted molar refractivity (Wildman–Crippen MR) is 98.8 cm³/mol. The number of methoxy groups -OCH3 is 1. The summed E-state index contributed by atoms with van der Waals surface area (Å²) >= 11 is 0. The first kappa shape index (κ1) is 17.6. The zero-order chi connectivity index (χ0) is 18.5. The number of hydrogen-bond acceptors (Lipinski definition) is 5.